The van der Waals surface area contributed by atoms with E-state index in [4.69, 9.17) is 0 Å². The van der Waals surface area contributed by atoms with Crippen LogP contribution in [0, 0.1) is 0 Å². The fourth-order valence-electron chi connectivity index (χ4n) is 2.11. The average molecular weight is 355 g/mol. The van der Waals surface area contributed by atoms with Crippen molar-refractivity contribution in [2.75, 3.05) is 0 Å². The van der Waals surface area contributed by atoms with Crippen LogP contribution in [-0.4, -0.2) is 18.0 Å². The maximum absolute atomic E-state index is 11.7. The van der Waals surface area contributed by atoms with Gasteiger partial charge >= 0.3 is 0 Å². The van der Waals surface area contributed by atoms with E-state index in [0.29, 0.717) is 6.54 Å². The van der Waals surface area contributed by atoms with Gasteiger partial charge in [-0.2, -0.15) is 5.10 Å². The molecule has 0 saturated heterocycles. The van der Waals surface area contributed by atoms with Crippen molar-refractivity contribution in [2.24, 2.45) is 5.10 Å². The molecular weight excluding hydrogens is 326 g/mol. The zero-order valence-electron chi connectivity index (χ0n) is 15.9. The second kappa shape index (κ2) is 12.6. The van der Waals surface area contributed by atoms with E-state index in [1.807, 2.05) is 43.3 Å². The zero-order chi connectivity index (χ0) is 19.2. The van der Waals surface area contributed by atoms with E-state index in [1.54, 1.807) is 6.21 Å². The normalized spacial score (nSPS) is 11.3. The molecule has 1 rings (SSSR count). The van der Waals surface area contributed by atoms with Gasteiger partial charge < -0.3 is 5.32 Å². The number of hydrogen-bond acceptors (Lipinski definition) is 3. The van der Waals surface area contributed by atoms with Crippen LogP contribution < -0.4 is 10.7 Å². The third-order valence-electron chi connectivity index (χ3n) is 3.63. The van der Waals surface area contributed by atoms with Gasteiger partial charge in [0.05, 0.1) is 0 Å². The minimum atomic E-state index is -0.272. The van der Waals surface area contributed by atoms with E-state index in [0.717, 1.165) is 18.4 Å². The molecule has 1 aromatic carbocycles. The Morgan fingerprint density at radius 2 is 1.69 bits per heavy atom. The average Bonchev–Trinajstić information content (AvgIpc) is 2.62. The molecule has 5 nitrogen and oxygen atoms in total. The molecule has 2 N–H and O–H groups in total. The van der Waals surface area contributed by atoms with Crippen molar-refractivity contribution >= 4 is 18.0 Å². The lowest BCUT2D eigenvalue weighted by Gasteiger charge is -2.04. The van der Waals surface area contributed by atoms with Crippen molar-refractivity contribution in [1.82, 2.24) is 10.7 Å². The number of carbonyl (C=O) groups is 2. The van der Waals surface area contributed by atoms with Crippen molar-refractivity contribution in [2.45, 2.75) is 53.0 Å². The highest BCUT2D eigenvalue weighted by Crippen LogP contribution is 2.05. The van der Waals surface area contributed by atoms with Gasteiger partial charge in [0.25, 0.3) is 0 Å². The number of amides is 2. The number of benzene rings is 1. The quantitative estimate of drug-likeness (QED) is 0.380. The number of hydrazone groups is 1. The first-order valence-corrected chi connectivity index (χ1v) is 8.89. The summed E-state index contributed by atoms with van der Waals surface area (Å²) >= 11 is 0. The highest BCUT2D eigenvalue weighted by molar-refractivity contribution is 5.84. The Hall–Kier alpha value is -2.69. The molecule has 0 heterocycles. The van der Waals surface area contributed by atoms with Crippen LogP contribution >= 0.6 is 0 Å². The van der Waals surface area contributed by atoms with E-state index in [9.17, 15) is 9.59 Å². The van der Waals surface area contributed by atoms with Gasteiger partial charge in [0.2, 0.25) is 11.8 Å². The Labute approximate surface area is 156 Å². The van der Waals surface area contributed by atoms with Crippen LogP contribution in [0.15, 0.2) is 58.7 Å². The minimum Gasteiger partial charge on any atom is -0.352 e. The predicted molar refractivity (Wildman–Crippen MR) is 107 cm³/mol. The molecule has 0 bridgehead atoms. The van der Waals surface area contributed by atoms with Crippen molar-refractivity contribution in [3.05, 3.63) is 59.2 Å². The summed E-state index contributed by atoms with van der Waals surface area (Å²) < 4.78 is 0. The zero-order valence-corrected chi connectivity index (χ0v) is 15.9. The Bertz CT molecular complexity index is 657. The molecule has 0 fully saturated rings. The molecule has 0 saturated carbocycles. The molecule has 0 aliphatic carbocycles. The van der Waals surface area contributed by atoms with Gasteiger partial charge in [-0.25, -0.2) is 5.43 Å². The van der Waals surface area contributed by atoms with Gasteiger partial charge in [0.1, 0.15) is 0 Å². The van der Waals surface area contributed by atoms with Gasteiger partial charge in [-0.05, 0) is 45.3 Å². The lowest BCUT2D eigenvalue weighted by atomic mass is 10.1. The van der Waals surface area contributed by atoms with E-state index in [1.165, 1.54) is 11.1 Å². The minimum absolute atomic E-state index is 0.112. The topological polar surface area (TPSA) is 70.6 Å². The summed E-state index contributed by atoms with van der Waals surface area (Å²) in [5, 5.41) is 6.67. The van der Waals surface area contributed by atoms with Crippen LogP contribution in [0.5, 0.6) is 0 Å². The molecule has 0 atom stereocenters. The van der Waals surface area contributed by atoms with Gasteiger partial charge in [-0.15, -0.1) is 0 Å². The Morgan fingerprint density at radius 1 is 1.00 bits per heavy atom. The standard InChI is InChI=1S/C21H29N3O2/c1-17(2)8-7-9-18(3)14-15-23-24-21(26)13-12-20(25)22-16-19-10-5-4-6-11-19/h4-6,8,10-11,14-15H,7,9,12-13,16H2,1-3H3,(H,22,25)(H,24,26)/b18-14+,23-15+. The first-order valence-electron chi connectivity index (χ1n) is 8.89. The second-order valence-electron chi connectivity index (χ2n) is 6.41. The molecule has 5 heteroatoms. The van der Waals surface area contributed by atoms with Crippen LogP contribution in [0.2, 0.25) is 0 Å². The maximum Gasteiger partial charge on any atom is 0.240 e. The fourth-order valence-corrected chi connectivity index (χ4v) is 2.11. The second-order valence-corrected chi connectivity index (χ2v) is 6.41. The molecule has 0 radical (unpaired) electrons. The fraction of sp³-hybridized carbons (Fsp3) is 0.381. The van der Waals surface area contributed by atoms with Crippen molar-refractivity contribution in [3.63, 3.8) is 0 Å². The SMILES string of the molecule is CC(C)=CCC/C(C)=C/C=N/NC(=O)CCC(=O)NCc1ccccc1. The van der Waals surface area contributed by atoms with Gasteiger partial charge in [0, 0.05) is 25.6 Å². The Morgan fingerprint density at radius 3 is 2.38 bits per heavy atom. The number of nitrogens with one attached hydrogen (secondary N) is 2. The van der Waals surface area contributed by atoms with Crippen LogP contribution in [0.25, 0.3) is 0 Å². The third kappa shape index (κ3) is 11.0. The molecule has 26 heavy (non-hydrogen) atoms. The van der Waals surface area contributed by atoms with Crippen LogP contribution in [-0.2, 0) is 16.1 Å². The molecule has 140 valence electrons. The van der Waals surface area contributed by atoms with Crippen molar-refractivity contribution in [1.29, 1.82) is 0 Å². The monoisotopic (exact) mass is 355 g/mol. The maximum atomic E-state index is 11.7. The van der Waals surface area contributed by atoms with Gasteiger partial charge in [-0.1, -0.05) is 47.6 Å². The first-order chi connectivity index (χ1) is 12.5. The number of hydrogen-bond donors (Lipinski definition) is 2. The molecule has 0 aliphatic heterocycles. The highest BCUT2D eigenvalue weighted by Gasteiger charge is 2.05. The lowest BCUT2D eigenvalue weighted by molar-refractivity contribution is -0.126. The smallest absolute Gasteiger partial charge is 0.240 e. The van der Waals surface area contributed by atoms with Crippen molar-refractivity contribution in [3.8, 4) is 0 Å². The molecule has 0 aromatic heterocycles. The number of carbonyl (C=O) groups excluding carboxylic acids is 2. The van der Waals surface area contributed by atoms with E-state index in [2.05, 4.69) is 35.8 Å². The van der Waals surface area contributed by atoms with Gasteiger partial charge in [-0.3, -0.25) is 9.59 Å². The summed E-state index contributed by atoms with van der Waals surface area (Å²) in [7, 11) is 0. The lowest BCUT2D eigenvalue weighted by Crippen LogP contribution is -2.25. The highest BCUT2D eigenvalue weighted by atomic mass is 16.2. The van der Waals surface area contributed by atoms with Crippen LogP contribution in [0.4, 0.5) is 0 Å². The Balaban J connectivity index is 2.19. The summed E-state index contributed by atoms with van der Waals surface area (Å²) in [6.07, 6.45) is 7.87. The van der Waals surface area contributed by atoms with E-state index in [-0.39, 0.29) is 24.7 Å². The number of allylic oxidation sites excluding steroid dienone is 4. The van der Waals surface area contributed by atoms with E-state index >= 15 is 0 Å². The van der Waals surface area contributed by atoms with Crippen LogP contribution in [0.1, 0.15) is 52.0 Å². The summed E-state index contributed by atoms with van der Waals surface area (Å²) in [5.41, 5.74) is 5.97. The summed E-state index contributed by atoms with van der Waals surface area (Å²) in [6, 6.07) is 9.65. The molecule has 0 aliphatic rings. The molecular formula is C21H29N3O2. The summed E-state index contributed by atoms with van der Waals surface area (Å²) in [5.74, 6) is -0.422. The molecule has 0 unspecified atom stereocenters. The van der Waals surface area contributed by atoms with Crippen LogP contribution in [0.3, 0.4) is 0 Å². The van der Waals surface area contributed by atoms with Crippen molar-refractivity contribution < 1.29 is 9.59 Å². The Kier molecular flexibility index (Phi) is 10.4. The molecule has 2 amide bonds. The molecule has 0 spiro atoms. The predicted octanol–water partition coefficient (Wildman–Crippen LogP) is 3.88. The first kappa shape index (κ1) is 21.4. The third-order valence-corrected chi connectivity index (χ3v) is 3.63. The molecule has 1 aromatic rings. The summed E-state index contributed by atoms with van der Waals surface area (Å²) in [6.45, 7) is 6.66. The largest absolute Gasteiger partial charge is 0.352 e. The number of nitrogens with zero attached hydrogens (tertiary/aromatic N) is 1. The summed E-state index contributed by atoms with van der Waals surface area (Å²) in [4.78, 5) is 23.4. The van der Waals surface area contributed by atoms with E-state index < -0.39 is 0 Å². The number of rotatable bonds is 10. The van der Waals surface area contributed by atoms with Gasteiger partial charge in [0.15, 0.2) is 0 Å².